The first-order chi connectivity index (χ1) is 22.1. The molecule has 216 valence electrons. The fourth-order valence-electron chi connectivity index (χ4n) is 6.75. The summed E-state index contributed by atoms with van der Waals surface area (Å²) in [5, 5.41) is 4.80. The lowest BCUT2D eigenvalue weighted by Gasteiger charge is -2.19. The van der Waals surface area contributed by atoms with E-state index in [1.54, 1.807) is 0 Å². The molecule has 0 spiro atoms. The number of imidazole rings is 1. The van der Waals surface area contributed by atoms with E-state index in [9.17, 15) is 0 Å². The number of fused-ring (bicyclic) bond motifs is 5. The van der Waals surface area contributed by atoms with Crippen molar-refractivity contribution in [3.63, 3.8) is 0 Å². The van der Waals surface area contributed by atoms with Crippen molar-refractivity contribution in [1.82, 2.24) is 24.0 Å². The highest BCUT2D eigenvalue weighted by atomic mass is 15.3. The third-order valence-corrected chi connectivity index (χ3v) is 9.05. The van der Waals surface area contributed by atoms with Crippen LogP contribution in [-0.2, 0) is 7.05 Å². The third kappa shape index (κ3) is 4.10. The summed E-state index contributed by atoms with van der Waals surface area (Å²) in [6.07, 6.45) is 6.10. The van der Waals surface area contributed by atoms with Crippen LogP contribution in [0.4, 0.5) is 5.69 Å². The molecule has 8 aromatic rings. The quantitative estimate of drug-likeness (QED) is 0.208. The number of aryl methyl sites for hydroxylation is 1. The Morgan fingerprint density at radius 1 is 0.600 bits per heavy atom. The molecular formula is C39H30N6. The van der Waals surface area contributed by atoms with E-state index in [1.807, 2.05) is 12.3 Å². The first-order valence-electron chi connectivity index (χ1n) is 15.2. The van der Waals surface area contributed by atoms with Crippen LogP contribution in [0.25, 0.3) is 71.9 Å². The highest BCUT2D eigenvalue weighted by Gasteiger charge is 2.18. The molecule has 1 aliphatic heterocycles. The smallest absolute Gasteiger partial charge is 0.145 e. The van der Waals surface area contributed by atoms with Crippen molar-refractivity contribution in [2.24, 2.45) is 7.05 Å². The Labute approximate surface area is 260 Å². The Morgan fingerprint density at radius 2 is 1.40 bits per heavy atom. The van der Waals surface area contributed by atoms with Gasteiger partial charge < -0.3 is 14.4 Å². The molecular weight excluding hydrogens is 552 g/mol. The van der Waals surface area contributed by atoms with Crippen LogP contribution in [0.3, 0.4) is 0 Å². The predicted molar refractivity (Wildman–Crippen MR) is 185 cm³/mol. The van der Waals surface area contributed by atoms with Crippen molar-refractivity contribution < 1.29 is 0 Å². The SMILES string of the molecule is CN1C=CN(c2cccc(-n3c4cc(-c5nc6ccc(-c7ccc8ccccc8c7)cc6n5C)ccc4c4cccnc43)c2)C1. The molecule has 0 fully saturated rings. The lowest BCUT2D eigenvalue weighted by molar-refractivity contribution is 0.496. The number of benzene rings is 5. The normalized spacial score (nSPS) is 13.3. The average Bonchev–Trinajstić information content (AvgIpc) is 3.77. The van der Waals surface area contributed by atoms with Crippen molar-refractivity contribution in [1.29, 1.82) is 0 Å². The minimum Gasteiger partial charge on any atom is -0.361 e. The van der Waals surface area contributed by atoms with Crippen LogP contribution in [0.2, 0.25) is 0 Å². The zero-order valence-electron chi connectivity index (χ0n) is 25.1. The number of pyridine rings is 1. The van der Waals surface area contributed by atoms with Gasteiger partial charge in [0.15, 0.2) is 0 Å². The van der Waals surface area contributed by atoms with Crippen LogP contribution in [0.5, 0.6) is 0 Å². The third-order valence-electron chi connectivity index (χ3n) is 9.05. The van der Waals surface area contributed by atoms with Gasteiger partial charge >= 0.3 is 0 Å². The molecule has 1 aliphatic rings. The zero-order chi connectivity index (χ0) is 30.1. The van der Waals surface area contributed by atoms with Gasteiger partial charge in [0, 0.05) is 60.4 Å². The first-order valence-corrected chi connectivity index (χ1v) is 15.2. The summed E-state index contributed by atoms with van der Waals surface area (Å²) in [6.45, 7) is 0.828. The molecule has 0 atom stereocenters. The van der Waals surface area contributed by atoms with Gasteiger partial charge in [-0.2, -0.15) is 0 Å². The first kappa shape index (κ1) is 25.6. The summed E-state index contributed by atoms with van der Waals surface area (Å²) in [7, 11) is 4.20. The van der Waals surface area contributed by atoms with E-state index in [-0.39, 0.29) is 0 Å². The van der Waals surface area contributed by atoms with Crippen LogP contribution in [0, 0.1) is 0 Å². The van der Waals surface area contributed by atoms with Crippen molar-refractivity contribution in [2.75, 3.05) is 18.6 Å². The molecule has 45 heavy (non-hydrogen) atoms. The predicted octanol–water partition coefficient (Wildman–Crippen LogP) is 8.73. The number of hydrogen-bond acceptors (Lipinski definition) is 4. The van der Waals surface area contributed by atoms with E-state index in [4.69, 9.17) is 9.97 Å². The van der Waals surface area contributed by atoms with Gasteiger partial charge in [0.2, 0.25) is 0 Å². The molecule has 0 radical (unpaired) electrons. The monoisotopic (exact) mass is 582 g/mol. The van der Waals surface area contributed by atoms with Gasteiger partial charge in [-0.15, -0.1) is 0 Å². The summed E-state index contributed by atoms with van der Waals surface area (Å²) >= 11 is 0. The Kier molecular flexibility index (Phi) is 5.59. The van der Waals surface area contributed by atoms with Gasteiger partial charge in [0.1, 0.15) is 11.5 Å². The highest BCUT2D eigenvalue weighted by molar-refractivity contribution is 6.09. The summed E-state index contributed by atoms with van der Waals surface area (Å²) in [5.41, 5.74) is 9.82. The maximum atomic E-state index is 5.12. The second-order valence-electron chi connectivity index (χ2n) is 11.9. The molecule has 0 N–H and O–H groups in total. The Balaban J connectivity index is 1.18. The molecule has 0 unspecified atom stereocenters. The largest absolute Gasteiger partial charge is 0.361 e. The number of rotatable bonds is 4. The van der Waals surface area contributed by atoms with Crippen LogP contribution >= 0.6 is 0 Å². The van der Waals surface area contributed by atoms with Crippen molar-refractivity contribution in [2.45, 2.75) is 0 Å². The van der Waals surface area contributed by atoms with Crippen molar-refractivity contribution in [3.8, 4) is 28.2 Å². The van der Waals surface area contributed by atoms with E-state index < -0.39 is 0 Å². The second kappa shape index (κ2) is 9.82. The zero-order valence-corrected chi connectivity index (χ0v) is 25.1. The van der Waals surface area contributed by atoms with Gasteiger partial charge in [-0.1, -0.05) is 60.7 Å². The van der Waals surface area contributed by atoms with Crippen molar-refractivity contribution >= 4 is 49.4 Å². The minimum atomic E-state index is 0.828. The molecule has 0 amide bonds. The van der Waals surface area contributed by atoms with Gasteiger partial charge in [-0.3, -0.25) is 4.57 Å². The topological polar surface area (TPSA) is 42.1 Å². The van der Waals surface area contributed by atoms with E-state index in [1.165, 1.54) is 27.3 Å². The lowest BCUT2D eigenvalue weighted by Crippen LogP contribution is -2.21. The number of aromatic nitrogens is 4. The van der Waals surface area contributed by atoms with Crippen LogP contribution < -0.4 is 4.90 Å². The number of hydrogen-bond donors (Lipinski definition) is 0. The van der Waals surface area contributed by atoms with E-state index in [0.29, 0.717) is 0 Å². The Bertz CT molecular complexity index is 2460. The van der Waals surface area contributed by atoms with E-state index >= 15 is 0 Å². The van der Waals surface area contributed by atoms with E-state index in [2.05, 4.69) is 155 Å². The summed E-state index contributed by atoms with van der Waals surface area (Å²) in [6, 6.07) is 41.3. The summed E-state index contributed by atoms with van der Waals surface area (Å²) in [5.74, 6) is 0.936. The molecule has 0 saturated carbocycles. The maximum absolute atomic E-state index is 5.12. The number of nitrogens with zero attached hydrogens (tertiary/aromatic N) is 6. The van der Waals surface area contributed by atoms with Gasteiger partial charge in [0.25, 0.3) is 0 Å². The maximum Gasteiger partial charge on any atom is 0.145 e. The Morgan fingerprint density at radius 3 is 2.29 bits per heavy atom. The molecule has 0 bridgehead atoms. The fourth-order valence-corrected chi connectivity index (χ4v) is 6.75. The molecule has 6 nitrogen and oxygen atoms in total. The molecule has 5 aromatic carbocycles. The van der Waals surface area contributed by atoms with Gasteiger partial charge in [-0.25, -0.2) is 9.97 Å². The number of anilines is 1. The second-order valence-corrected chi connectivity index (χ2v) is 11.9. The van der Waals surface area contributed by atoms with Crippen molar-refractivity contribution in [3.05, 3.63) is 134 Å². The van der Waals surface area contributed by atoms with Crippen LogP contribution in [0.1, 0.15) is 0 Å². The summed E-state index contributed by atoms with van der Waals surface area (Å²) in [4.78, 5) is 14.4. The average molecular weight is 583 g/mol. The minimum absolute atomic E-state index is 0.828. The van der Waals surface area contributed by atoms with Gasteiger partial charge in [0.05, 0.1) is 23.2 Å². The standard InChI is InChI=1S/C39H30N6/c1-42-19-20-44(25-42)31-9-5-10-32(24-31)45-36-23-30(14-16-33(36)34-11-6-18-40-39(34)45)38-41-35-17-15-29(22-37(35)43(38)2)28-13-12-26-7-3-4-8-27(26)21-28/h3-24H,25H2,1-2H3. The molecule has 3 aromatic heterocycles. The fraction of sp³-hybridized carbons (Fsp3) is 0.0769. The van der Waals surface area contributed by atoms with E-state index in [0.717, 1.165) is 57.0 Å². The van der Waals surface area contributed by atoms with Crippen LogP contribution in [0.15, 0.2) is 134 Å². The lowest BCUT2D eigenvalue weighted by atomic mass is 10.0. The van der Waals surface area contributed by atoms with Gasteiger partial charge in [-0.05, 0) is 76.5 Å². The highest BCUT2D eigenvalue weighted by Crippen LogP contribution is 2.36. The molecule has 6 heteroatoms. The molecule has 9 rings (SSSR count). The Hall–Kier alpha value is -5.88. The molecule has 0 saturated heterocycles. The summed E-state index contributed by atoms with van der Waals surface area (Å²) < 4.78 is 4.49. The molecule has 0 aliphatic carbocycles. The van der Waals surface area contributed by atoms with Crippen LogP contribution in [-0.4, -0.2) is 37.7 Å². The molecule has 4 heterocycles.